The van der Waals surface area contributed by atoms with Crippen LogP contribution in [0, 0.1) is 0 Å². The van der Waals surface area contributed by atoms with Gasteiger partial charge in [0.1, 0.15) is 6.33 Å². The Hall–Kier alpha value is -3.48. The van der Waals surface area contributed by atoms with Crippen LogP contribution in [-0.4, -0.2) is 29.3 Å². The number of hydrogen-bond donors (Lipinski definition) is 0. The fourth-order valence-electron chi connectivity index (χ4n) is 4.93. The molecule has 7 heteroatoms. The molecule has 4 aromatic rings. The van der Waals surface area contributed by atoms with Gasteiger partial charge in [0.05, 0.1) is 12.2 Å². The van der Waals surface area contributed by atoms with Crippen LogP contribution < -0.4 is 5.69 Å². The van der Waals surface area contributed by atoms with Crippen LogP contribution in [0.5, 0.6) is 0 Å². The van der Waals surface area contributed by atoms with Crippen molar-refractivity contribution in [3.63, 3.8) is 0 Å². The smallest absolute Gasteiger partial charge is 0.296 e. The van der Waals surface area contributed by atoms with Crippen molar-refractivity contribution in [3.8, 4) is 16.8 Å². The van der Waals surface area contributed by atoms with Gasteiger partial charge in [0.15, 0.2) is 0 Å². The summed E-state index contributed by atoms with van der Waals surface area (Å²) in [7, 11) is 0. The van der Waals surface area contributed by atoms with E-state index in [9.17, 15) is 4.79 Å². The van der Waals surface area contributed by atoms with Gasteiger partial charge in [-0.2, -0.15) is 4.68 Å². The molecule has 1 saturated carbocycles. The normalized spacial score (nSPS) is 14.8. The molecule has 0 saturated heterocycles. The van der Waals surface area contributed by atoms with E-state index in [0.717, 1.165) is 22.4 Å². The van der Waals surface area contributed by atoms with Gasteiger partial charge in [-0.05, 0) is 54.3 Å². The lowest BCUT2D eigenvalue weighted by Gasteiger charge is -2.22. The summed E-state index contributed by atoms with van der Waals surface area (Å²) in [6.45, 7) is 4.75. The van der Waals surface area contributed by atoms with E-state index in [2.05, 4.69) is 65.9 Å². The van der Waals surface area contributed by atoms with Crippen LogP contribution in [0.4, 0.5) is 0 Å². The average molecular weight is 443 g/mol. The Morgan fingerprint density at radius 1 is 1.00 bits per heavy atom. The zero-order chi connectivity index (χ0) is 22.8. The molecular weight excluding hydrogens is 412 g/mol. The number of tetrazole rings is 1. The molecule has 0 unspecified atom stereocenters. The number of benzene rings is 2. The van der Waals surface area contributed by atoms with E-state index in [-0.39, 0.29) is 11.7 Å². The summed E-state index contributed by atoms with van der Waals surface area (Å²) in [5.41, 5.74) is 5.49. The van der Waals surface area contributed by atoms with Crippen molar-refractivity contribution >= 4 is 0 Å². The maximum atomic E-state index is 13.2. The highest BCUT2D eigenvalue weighted by Crippen LogP contribution is 2.33. The molecule has 2 heterocycles. The van der Waals surface area contributed by atoms with Crippen LogP contribution in [0.1, 0.15) is 69.2 Å². The van der Waals surface area contributed by atoms with Gasteiger partial charge in [0.2, 0.25) is 0 Å². The minimum Gasteiger partial charge on any atom is -0.296 e. The minimum atomic E-state index is 0.0960. The van der Waals surface area contributed by atoms with Gasteiger partial charge in [-0.15, -0.1) is 5.10 Å². The highest BCUT2D eigenvalue weighted by atomic mass is 16.1. The second-order valence-electron chi connectivity index (χ2n) is 9.23. The number of rotatable bonds is 6. The Balaban J connectivity index is 1.46. The van der Waals surface area contributed by atoms with Gasteiger partial charge < -0.3 is 0 Å². The molecule has 2 aromatic carbocycles. The van der Waals surface area contributed by atoms with E-state index in [4.69, 9.17) is 0 Å². The van der Waals surface area contributed by atoms with Gasteiger partial charge in [0.25, 0.3) is 0 Å². The predicted molar refractivity (Wildman–Crippen MR) is 129 cm³/mol. The van der Waals surface area contributed by atoms with Crippen molar-refractivity contribution < 1.29 is 0 Å². The van der Waals surface area contributed by atoms with Crippen LogP contribution in [0.3, 0.4) is 0 Å². The Morgan fingerprint density at radius 2 is 1.76 bits per heavy atom. The number of nitrogens with zero attached hydrogens (tertiary/aromatic N) is 6. The van der Waals surface area contributed by atoms with Crippen LogP contribution in [0.15, 0.2) is 65.8 Å². The van der Waals surface area contributed by atoms with Gasteiger partial charge >= 0.3 is 5.69 Å². The van der Waals surface area contributed by atoms with Crippen molar-refractivity contribution in [1.82, 2.24) is 29.3 Å². The Bertz CT molecular complexity index is 1260. The molecule has 0 spiro atoms. The molecule has 0 aliphatic heterocycles. The SMILES string of the molecule is CC(C)n1cc(C2CCCCC2)n(Cc2ccc(-c3ccccc3-n3cnnn3)cc2)c1=O. The Kier molecular flexibility index (Phi) is 5.94. The third-order valence-corrected chi connectivity index (χ3v) is 6.72. The van der Waals surface area contributed by atoms with Gasteiger partial charge in [0, 0.05) is 29.4 Å². The maximum Gasteiger partial charge on any atom is 0.328 e. The third-order valence-electron chi connectivity index (χ3n) is 6.72. The zero-order valence-corrected chi connectivity index (χ0v) is 19.3. The third kappa shape index (κ3) is 4.27. The quantitative estimate of drug-likeness (QED) is 0.423. The van der Waals surface area contributed by atoms with Crippen molar-refractivity contribution in [2.24, 2.45) is 0 Å². The summed E-state index contributed by atoms with van der Waals surface area (Å²) < 4.78 is 5.56. The van der Waals surface area contributed by atoms with Crippen LogP contribution in [-0.2, 0) is 6.54 Å². The molecule has 1 fully saturated rings. The van der Waals surface area contributed by atoms with E-state index in [1.54, 1.807) is 11.0 Å². The lowest BCUT2D eigenvalue weighted by Crippen LogP contribution is -2.27. The molecule has 1 aliphatic carbocycles. The van der Waals surface area contributed by atoms with Crippen molar-refractivity contribution in [2.45, 2.75) is 64.5 Å². The first-order valence-corrected chi connectivity index (χ1v) is 11.8. The van der Waals surface area contributed by atoms with E-state index in [1.807, 2.05) is 27.3 Å². The summed E-state index contributed by atoms with van der Waals surface area (Å²) in [5.74, 6) is 0.480. The van der Waals surface area contributed by atoms with Gasteiger partial charge in [-0.3, -0.25) is 9.13 Å². The number of para-hydroxylation sites is 1. The second kappa shape index (κ2) is 9.17. The Labute approximate surface area is 193 Å². The first-order valence-electron chi connectivity index (χ1n) is 11.8. The summed E-state index contributed by atoms with van der Waals surface area (Å²) in [5, 5.41) is 11.6. The standard InChI is InChI=1S/C26H30N6O/c1-19(2)30-17-25(22-8-4-3-5-9-22)31(26(30)33)16-20-12-14-21(15-13-20)23-10-6-7-11-24(23)32-18-27-28-29-32/h6-7,10-15,17-19,22H,3-5,8-9,16H2,1-2H3. The highest BCUT2D eigenvalue weighted by Gasteiger charge is 2.23. The number of imidazole rings is 1. The van der Waals surface area contributed by atoms with E-state index >= 15 is 0 Å². The highest BCUT2D eigenvalue weighted by molar-refractivity contribution is 5.72. The molecule has 2 aromatic heterocycles. The van der Waals surface area contributed by atoms with E-state index < -0.39 is 0 Å². The largest absolute Gasteiger partial charge is 0.328 e. The summed E-state index contributed by atoms with van der Waals surface area (Å²) in [4.78, 5) is 13.2. The predicted octanol–water partition coefficient (Wildman–Crippen LogP) is 4.97. The maximum absolute atomic E-state index is 13.2. The Morgan fingerprint density at radius 3 is 2.45 bits per heavy atom. The molecule has 33 heavy (non-hydrogen) atoms. The topological polar surface area (TPSA) is 70.5 Å². The van der Waals surface area contributed by atoms with E-state index in [0.29, 0.717) is 12.5 Å². The molecule has 5 rings (SSSR count). The van der Waals surface area contributed by atoms with Crippen molar-refractivity contribution in [2.75, 3.05) is 0 Å². The summed E-state index contributed by atoms with van der Waals surface area (Å²) >= 11 is 0. The van der Waals surface area contributed by atoms with Crippen LogP contribution in [0.25, 0.3) is 16.8 Å². The van der Waals surface area contributed by atoms with E-state index in [1.165, 1.54) is 37.8 Å². The molecule has 7 nitrogen and oxygen atoms in total. The molecule has 0 atom stereocenters. The fraction of sp³-hybridized carbons (Fsp3) is 0.385. The fourth-order valence-corrected chi connectivity index (χ4v) is 4.93. The second-order valence-corrected chi connectivity index (χ2v) is 9.23. The van der Waals surface area contributed by atoms with Gasteiger partial charge in [-0.25, -0.2) is 4.79 Å². The summed E-state index contributed by atoms with van der Waals surface area (Å²) in [6.07, 6.45) is 9.87. The molecule has 0 N–H and O–H groups in total. The average Bonchev–Trinajstić information content (AvgIpc) is 3.49. The summed E-state index contributed by atoms with van der Waals surface area (Å²) in [6, 6.07) is 16.7. The molecule has 0 bridgehead atoms. The lowest BCUT2D eigenvalue weighted by molar-refractivity contribution is 0.425. The number of aromatic nitrogens is 6. The first-order chi connectivity index (χ1) is 16.1. The molecular formula is C26H30N6O. The zero-order valence-electron chi connectivity index (χ0n) is 19.3. The van der Waals surface area contributed by atoms with Gasteiger partial charge in [-0.1, -0.05) is 61.7 Å². The monoisotopic (exact) mass is 442 g/mol. The molecule has 0 amide bonds. The van der Waals surface area contributed by atoms with Crippen LogP contribution in [0.2, 0.25) is 0 Å². The lowest BCUT2D eigenvalue weighted by atomic mass is 9.87. The number of hydrogen-bond acceptors (Lipinski definition) is 4. The minimum absolute atomic E-state index is 0.0960. The first kappa shape index (κ1) is 21.4. The molecule has 0 radical (unpaired) electrons. The van der Waals surface area contributed by atoms with Crippen molar-refractivity contribution in [3.05, 3.63) is 82.8 Å². The van der Waals surface area contributed by atoms with Crippen molar-refractivity contribution in [1.29, 1.82) is 0 Å². The van der Waals surface area contributed by atoms with Crippen LogP contribution >= 0.6 is 0 Å². The molecule has 170 valence electrons. The molecule has 1 aliphatic rings.